The van der Waals surface area contributed by atoms with E-state index in [2.05, 4.69) is 19.0 Å². The Hall–Kier alpha value is -1.26. The third-order valence-electron chi connectivity index (χ3n) is 4.38. The van der Waals surface area contributed by atoms with Crippen LogP contribution in [0.15, 0.2) is 18.2 Å². The van der Waals surface area contributed by atoms with Crippen LogP contribution in [0.4, 0.5) is 5.69 Å². The van der Waals surface area contributed by atoms with Crippen molar-refractivity contribution in [1.82, 2.24) is 4.90 Å². The molecule has 0 aliphatic heterocycles. The van der Waals surface area contributed by atoms with E-state index in [1.807, 2.05) is 18.0 Å². The number of aromatic carboxylic acids is 1. The van der Waals surface area contributed by atoms with E-state index in [9.17, 15) is 9.90 Å². The lowest BCUT2D eigenvalue weighted by atomic mass is 9.75. The second kappa shape index (κ2) is 5.62. The number of carbonyl (C=O) groups is 1. The van der Waals surface area contributed by atoms with Crippen molar-refractivity contribution in [3.05, 3.63) is 28.8 Å². The van der Waals surface area contributed by atoms with Crippen LogP contribution in [-0.4, -0.2) is 49.2 Å². The van der Waals surface area contributed by atoms with Crippen molar-refractivity contribution in [2.75, 3.05) is 32.6 Å². The first kappa shape index (κ1) is 15.1. The van der Waals surface area contributed by atoms with E-state index in [4.69, 9.17) is 11.6 Å². The number of benzene rings is 1. The van der Waals surface area contributed by atoms with Gasteiger partial charge in [-0.2, -0.15) is 0 Å². The molecule has 0 radical (unpaired) electrons. The van der Waals surface area contributed by atoms with Crippen molar-refractivity contribution in [3.8, 4) is 0 Å². The Balaban J connectivity index is 2.28. The molecule has 0 saturated heterocycles. The maximum Gasteiger partial charge on any atom is 0.339 e. The summed E-state index contributed by atoms with van der Waals surface area (Å²) in [5, 5.41) is 9.64. The monoisotopic (exact) mass is 296 g/mol. The van der Waals surface area contributed by atoms with Crippen LogP contribution in [0.5, 0.6) is 0 Å². The zero-order valence-corrected chi connectivity index (χ0v) is 12.9. The molecule has 0 heterocycles. The predicted octanol–water partition coefficient (Wildman–Crippen LogP) is 2.96. The Labute approximate surface area is 124 Å². The Morgan fingerprint density at radius 3 is 2.45 bits per heavy atom. The number of nitrogens with zero attached hydrogens (tertiary/aromatic N) is 2. The molecule has 0 unspecified atom stereocenters. The highest BCUT2D eigenvalue weighted by Gasteiger charge is 2.40. The molecule has 1 aliphatic rings. The minimum absolute atomic E-state index is 0.146. The fourth-order valence-corrected chi connectivity index (χ4v) is 3.15. The highest BCUT2D eigenvalue weighted by atomic mass is 35.5. The lowest BCUT2D eigenvalue weighted by molar-refractivity contribution is 0.0671. The molecule has 20 heavy (non-hydrogen) atoms. The highest BCUT2D eigenvalue weighted by molar-refractivity contribution is 6.34. The molecule has 1 saturated carbocycles. The van der Waals surface area contributed by atoms with Gasteiger partial charge in [0.25, 0.3) is 0 Å². The average molecular weight is 297 g/mol. The summed E-state index contributed by atoms with van der Waals surface area (Å²) in [6.45, 7) is 0.806. The number of carboxylic acids is 1. The minimum Gasteiger partial charge on any atom is -0.478 e. The molecule has 2 rings (SSSR count). The topological polar surface area (TPSA) is 43.8 Å². The van der Waals surface area contributed by atoms with E-state index in [1.54, 1.807) is 12.1 Å². The lowest BCUT2D eigenvalue weighted by Gasteiger charge is -2.49. The second-order valence-corrected chi connectivity index (χ2v) is 6.17. The van der Waals surface area contributed by atoms with Gasteiger partial charge in [-0.05, 0) is 45.5 Å². The van der Waals surface area contributed by atoms with E-state index in [0.717, 1.165) is 19.4 Å². The van der Waals surface area contributed by atoms with Gasteiger partial charge in [-0.25, -0.2) is 4.79 Å². The molecule has 0 spiro atoms. The van der Waals surface area contributed by atoms with Gasteiger partial charge < -0.3 is 14.9 Å². The summed E-state index contributed by atoms with van der Waals surface area (Å²) < 4.78 is 0. The van der Waals surface area contributed by atoms with Gasteiger partial charge in [0.1, 0.15) is 5.56 Å². The summed E-state index contributed by atoms with van der Waals surface area (Å²) >= 11 is 6.03. The van der Waals surface area contributed by atoms with E-state index in [1.165, 1.54) is 6.42 Å². The maximum absolute atomic E-state index is 11.4. The van der Waals surface area contributed by atoms with Gasteiger partial charge in [-0.3, -0.25) is 0 Å². The van der Waals surface area contributed by atoms with Gasteiger partial charge >= 0.3 is 5.97 Å². The molecule has 0 bridgehead atoms. The lowest BCUT2D eigenvalue weighted by Crippen LogP contribution is -2.56. The van der Waals surface area contributed by atoms with E-state index in [0.29, 0.717) is 5.69 Å². The summed E-state index contributed by atoms with van der Waals surface area (Å²) in [6, 6.07) is 5.23. The molecule has 0 aromatic heterocycles. The van der Waals surface area contributed by atoms with Gasteiger partial charge in [0, 0.05) is 19.1 Å². The van der Waals surface area contributed by atoms with Crippen molar-refractivity contribution in [1.29, 1.82) is 0 Å². The Morgan fingerprint density at radius 2 is 2.00 bits per heavy atom. The molecule has 0 amide bonds. The van der Waals surface area contributed by atoms with E-state index >= 15 is 0 Å². The van der Waals surface area contributed by atoms with Gasteiger partial charge in [0.15, 0.2) is 0 Å². The molecular weight excluding hydrogens is 276 g/mol. The number of hydrogen-bond acceptors (Lipinski definition) is 3. The Morgan fingerprint density at radius 1 is 1.35 bits per heavy atom. The standard InChI is InChI=1S/C15H21ClN2O2/c1-17(2)15(8-5-9-15)10-18(3)12-7-4-6-11(16)13(12)14(19)20/h4,6-7H,5,8-10H2,1-3H3,(H,19,20). The Bertz CT molecular complexity index is 513. The summed E-state index contributed by atoms with van der Waals surface area (Å²) in [5.41, 5.74) is 1.01. The largest absolute Gasteiger partial charge is 0.478 e. The van der Waals surface area contributed by atoms with Crippen LogP contribution < -0.4 is 4.90 Å². The zero-order valence-electron chi connectivity index (χ0n) is 12.2. The van der Waals surface area contributed by atoms with Crippen molar-refractivity contribution in [2.45, 2.75) is 24.8 Å². The Kier molecular flexibility index (Phi) is 4.25. The van der Waals surface area contributed by atoms with Gasteiger partial charge in [-0.15, -0.1) is 0 Å². The molecule has 1 N–H and O–H groups in total. The number of rotatable bonds is 5. The number of likely N-dealkylation sites (N-methyl/N-ethyl adjacent to an activating group) is 2. The SMILES string of the molecule is CN(CC1(N(C)C)CCC1)c1cccc(Cl)c1C(=O)O. The molecule has 1 aromatic rings. The second-order valence-electron chi connectivity index (χ2n) is 5.77. The third-order valence-corrected chi connectivity index (χ3v) is 4.70. The average Bonchev–Trinajstić information content (AvgIpc) is 2.32. The van der Waals surface area contributed by atoms with Crippen LogP contribution in [0.2, 0.25) is 5.02 Å². The van der Waals surface area contributed by atoms with Crippen LogP contribution in [-0.2, 0) is 0 Å². The molecule has 4 nitrogen and oxygen atoms in total. The van der Waals surface area contributed by atoms with Gasteiger partial charge in [-0.1, -0.05) is 17.7 Å². The van der Waals surface area contributed by atoms with Crippen molar-refractivity contribution in [3.63, 3.8) is 0 Å². The van der Waals surface area contributed by atoms with Crippen LogP contribution in [0.3, 0.4) is 0 Å². The highest BCUT2D eigenvalue weighted by Crippen LogP contribution is 2.38. The molecule has 1 aliphatic carbocycles. The molecule has 110 valence electrons. The van der Waals surface area contributed by atoms with E-state index in [-0.39, 0.29) is 16.1 Å². The number of anilines is 1. The normalized spacial score (nSPS) is 16.9. The summed E-state index contributed by atoms with van der Waals surface area (Å²) in [7, 11) is 6.10. The summed E-state index contributed by atoms with van der Waals surface area (Å²) in [4.78, 5) is 15.7. The van der Waals surface area contributed by atoms with Gasteiger partial charge in [0.2, 0.25) is 0 Å². The van der Waals surface area contributed by atoms with Crippen LogP contribution in [0, 0.1) is 0 Å². The van der Waals surface area contributed by atoms with Crippen molar-refractivity contribution >= 4 is 23.3 Å². The van der Waals surface area contributed by atoms with E-state index < -0.39 is 5.97 Å². The molecule has 1 aromatic carbocycles. The first-order chi connectivity index (χ1) is 9.37. The third kappa shape index (κ3) is 2.63. The first-order valence-electron chi connectivity index (χ1n) is 6.78. The van der Waals surface area contributed by atoms with Crippen LogP contribution in [0.25, 0.3) is 0 Å². The molecule has 0 atom stereocenters. The number of carboxylic acid groups (broad SMARTS) is 1. The van der Waals surface area contributed by atoms with Crippen molar-refractivity contribution in [2.24, 2.45) is 0 Å². The van der Waals surface area contributed by atoms with Crippen LogP contribution in [0.1, 0.15) is 29.6 Å². The maximum atomic E-state index is 11.4. The van der Waals surface area contributed by atoms with Gasteiger partial charge in [0.05, 0.1) is 10.7 Å². The zero-order chi connectivity index (χ0) is 14.9. The smallest absolute Gasteiger partial charge is 0.339 e. The predicted molar refractivity (Wildman–Crippen MR) is 82.0 cm³/mol. The van der Waals surface area contributed by atoms with Crippen LogP contribution >= 0.6 is 11.6 Å². The number of hydrogen-bond donors (Lipinski definition) is 1. The number of halogens is 1. The summed E-state index contributed by atoms with van der Waals surface area (Å²) in [6.07, 6.45) is 3.52. The molecule has 5 heteroatoms. The fraction of sp³-hybridized carbons (Fsp3) is 0.533. The molecule has 1 fully saturated rings. The fourth-order valence-electron chi connectivity index (χ4n) is 2.90. The minimum atomic E-state index is -0.982. The first-order valence-corrected chi connectivity index (χ1v) is 7.15. The van der Waals surface area contributed by atoms with Crippen molar-refractivity contribution < 1.29 is 9.90 Å². The molecular formula is C15H21ClN2O2. The quantitative estimate of drug-likeness (QED) is 0.907. The summed E-state index contributed by atoms with van der Waals surface area (Å²) in [5.74, 6) is -0.982.